The molecule has 3 heteroatoms. The third kappa shape index (κ3) is 1.97. The number of hydrogen-bond acceptors (Lipinski definition) is 2. The van der Waals surface area contributed by atoms with Crippen molar-refractivity contribution in [3.63, 3.8) is 0 Å². The van der Waals surface area contributed by atoms with Crippen LogP contribution in [0.4, 0.5) is 5.69 Å². The van der Waals surface area contributed by atoms with E-state index in [1.165, 1.54) is 11.1 Å². The van der Waals surface area contributed by atoms with Crippen LogP contribution in [-0.2, 0) is 9.73 Å². The second kappa shape index (κ2) is 4.74. The number of rotatable bonds is 1. The zero-order chi connectivity index (χ0) is 14.3. The molecule has 1 aliphatic rings. The Bertz CT molecular complexity index is 755. The Morgan fingerprint density at radius 1 is 1.00 bits per heavy atom. The van der Waals surface area contributed by atoms with Crippen LogP contribution in [0.5, 0.6) is 0 Å². The molecule has 0 aromatic heterocycles. The van der Waals surface area contributed by atoms with Gasteiger partial charge in [-0.15, -0.1) is 0 Å². The van der Waals surface area contributed by atoms with E-state index in [-0.39, 0.29) is 11.2 Å². The summed E-state index contributed by atoms with van der Waals surface area (Å²) in [6.45, 7) is 6.23. The highest BCUT2D eigenvalue weighted by Crippen LogP contribution is 2.41. The van der Waals surface area contributed by atoms with Crippen molar-refractivity contribution in [2.24, 2.45) is 4.36 Å². The average Bonchev–Trinajstić information content (AvgIpc) is 2.46. The maximum absolute atomic E-state index is 13.5. The summed E-state index contributed by atoms with van der Waals surface area (Å²) < 4.78 is 18.1. The molecule has 0 radical (unpaired) electrons. The van der Waals surface area contributed by atoms with E-state index < -0.39 is 9.73 Å². The smallest absolute Gasteiger partial charge is 0.0833 e. The summed E-state index contributed by atoms with van der Waals surface area (Å²) in [5, 5.41) is 0.0140. The molecule has 0 saturated heterocycles. The molecule has 20 heavy (non-hydrogen) atoms. The van der Waals surface area contributed by atoms with Crippen molar-refractivity contribution in [2.45, 2.75) is 36.8 Å². The number of nitrogens with zero attached hydrogens (tertiary/aromatic N) is 1. The van der Waals surface area contributed by atoms with Crippen molar-refractivity contribution < 1.29 is 4.21 Å². The SMILES string of the molecule is Cc1ccc([S@]2(=O)=Nc3ccccc3[C@H](C)[C@@H]2C)cc1. The van der Waals surface area contributed by atoms with E-state index in [1.54, 1.807) is 0 Å². The quantitative estimate of drug-likeness (QED) is 0.749. The van der Waals surface area contributed by atoms with Gasteiger partial charge in [0.2, 0.25) is 0 Å². The Morgan fingerprint density at radius 2 is 1.65 bits per heavy atom. The van der Waals surface area contributed by atoms with Crippen LogP contribution in [0.25, 0.3) is 0 Å². The summed E-state index contributed by atoms with van der Waals surface area (Å²) in [6.07, 6.45) is 0. The second-order valence-electron chi connectivity index (χ2n) is 5.53. The average molecular weight is 285 g/mol. The van der Waals surface area contributed by atoms with E-state index in [1.807, 2.05) is 56.3 Å². The molecular weight excluding hydrogens is 266 g/mol. The van der Waals surface area contributed by atoms with Gasteiger partial charge in [-0.1, -0.05) is 42.8 Å². The van der Waals surface area contributed by atoms with Crippen molar-refractivity contribution in [3.05, 3.63) is 59.7 Å². The highest BCUT2D eigenvalue weighted by molar-refractivity contribution is 7.94. The lowest BCUT2D eigenvalue weighted by Gasteiger charge is -2.30. The molecule has 2 nitrogen and oxygen atoms in total. The molecule has 2 aromatic rings. The van der Waals surface area contributed by atoms with Crippen LogP contribution in [0.1, 0.15) is 30.9 Å². The lowest BCUT2D eigenvalue weighted by molar-refractivity contribution is 0.640. The van der Waals surface area contributed by atoms with Crippen LogP contribution in [0, 0.1) is 6.92 Å². The summed E-state index contributed by atoms with van der Waals surface area (Å²) in [6, 6.07) is 16.0. The highest BCUT2D eigenvalue weighted by Gasteiger charge is 2.32. The van der Waals surface area contributed by atoms with Crippen LogP contribution in [0.3, 0.4) is 0 Å². The standard InChI is InChI=1S/C17H19NOS/c1-12-8-10-15(11-9-12)20(19)14(3)13(2)16-6-4-5-7-17(16)18-20/h4-11,13-14H,1-3H3/t13-,14+,20+/m1/s1. The first-order valence-electron chi connectivity index (χ1n) is 6.94. The van der Waals surface area contributed by atoms with Gasteiger partial charge in [-0.2, -0.15) is 4.36 Å². The van der Waals surface area contributed by atoms with Crippen molar-refractivity contribution in [1.82, 2.24) is 0 Å². The molecule has 1 aliphatic heterocycles. The van der Waals surface area contributed by atoms with Gasteiger partial charge in [0.05, 0.1) is 20.7 Å². The van der Waals surface area contributed by atoms with Crippen LogP contribution >= 0.6 is 0 Å². The molecule has 3 atom stereocenters. The van der Waals surface area contributed by atoms with Gasteiger partial charge in [-0.05, 0) is 43.5 Å². The van der Waals surface area contributed by atoms with Gasteiger partial charge in [0, 0.05) is 4.90 Å². The summed E-state index contributed by atoms with van der Waals surface area (Å²) in [5.41, 5.74) is 3.25. The maximum atomic E-state index is 13.5. The lowest BCUT2D eigenvalue weighted by Crippen LogP contribution is -2.26. The van der Waals surface area contributed by atoms with Crippen molar-refractivity contribution in [1.29, 1.82) is 0 Å². The minimum Gasteiger partial charge on any atom is -0.244 e. The van der Waals surface area contributed by atoms with Crippen molar-refractivity contribution in [2.75, 3.05) is 0 Å². The largest absolute Gasteiger partial charge is 0.244 e. The summed E-state index contributed by atoms with van der Waals surface area (Å²) in [5.74, 6) is 0.248. The van der Waals surface area contributed by atoms with E-state index in [4.69, 9.17) is 0 Å². The zero-order valence-corrected chi connectivity index (χ0v) is 12.9. The van der Waals surface area contributed by atoms with Crippen LogP contribution in [-0.4, -0.2) is 9.46 Å². The molecule has 0 N–H and O–H groups in total. The van der Waals surface area contributed by atoms with Gasteiger partial charge >= 0.3 is 0 Å². The molecule has 0 bridgehead atoms. The Morgan fingerprint density at radius 3 is 2.35 bits per heavy atom. The van der Waals surface area contributed by atoms with E-state index >= 15 is 0 Å². The van der Waals surface area contributed by atoms with Crippen LogP contribution in [0.2, 0.25) is 0 Å². The Labute approximate surface area is 121 Å². The Hall–Kier alpha value is -1.61. The zero-order valence-electron chi connectivity index (χ0n) is 12.0. The number of aryl methyl sites for hydroxylation is 1. The predicted molar refractivity (Wildman–Crippen MR) is 84.0 cm³/mol. The molecule has 3 rings (SSSR count). The van der Waals surface area contributed by atoms with E-state index in [0.29, 0.717) is 0 Å². The van der Waals surface area contributed by atoms with Gasteiger partial charge in [-0.3, -0.25) is 0 Å². The van der Waals surface area contributed by atoms with Crippen LogP contribution in [0.15, 0.2) is 57.8 Å². The van der Waals surface area contributed by atoms with Crippen molar-refractivity contribution >= 4 is 15.4 Å². The topological polar surface area (TPSA) is 29.4 Å². The maximum Gasteiger partial charge on any atom is 0.0833 e. The summed E-state index contributed by atoms with van der Waals surface area (Å²) in [7, 11) is -2.40. The van der Waals surface area contributed by atoms with Gasteiger partial charge in [0.15, 0.2) is 0 Å². The molecule has 2 aromatic carbocycles. The highest BCUT2D eigenvalue weighted by atomic mass is 32.2. The molecule has 104 valence electrons. The number of fused-ring (bicyclic) bond motifs is 1. The predicted octanol–water partition coefficient (Wildman–Crippen LogP) is 4.66. The van der Waals surface area contributed by atoms with Crippen molar-refractivity contribution in [3.8, 4) is 0 Å². The monoisotopic (exact) mass is 285 g/mol. The van der Waals surface area contributed by atoms with E-state index in [2.05, 4.69) is 17.4 Å². The summed E-state index contributed by atoms with van der Waals surface area (Å²) >= 11 is 0. The molecule has 0 saturated carbocycles. The third-order valence-electron chi connectivity index (χ3n) is 4.23. The van der Waals surface area contributed by atoms with Gasteiger partial charge in [0.1, 0.15) is 0 Å². The Balaban J connectivity index is 2.25. The molecule has 0 spiro atoms. The fraction of sp³-hybridized carbons (Fsp3) is 0.294. The molecule has 0 fully saturated rings. The fourth-order valence-electron chi connectivity index (χ4n) is 2.72. The first-order valence-corrected chi connectivity index (χ1v) is 8.52. The third-order valence-corrected chi connectivity index (χ3v) is 7.06. The van der Waals surface area contributed by atoms with Gasteiger partial charge in [0.25, 0.3) is 0 Å². The Kier molecular flexibility index (Phi) is 3.17. The number of hydrogen-bond donors (Lipinski definition) is 0. The van der Waals surface area contributed by atoms with E-state index in [0.717, 1.165) is 10.6 Å². The minimum absolute atomic E-state index is 0.0140. The summed E-state index contributed by atoms with van der Waals surface area (Å²) in [4.78, 5) is 0.844. The fourth-order valence-corrected chi connectivity index (χ4v) is 5.10. The molecule has 1 heterocycles. The first-order chi connectivity index (χ1) is 9.52. The van der Waals surface area contributed by atoms with E-state index in [9.17, 15) is 4.21 Å². The first kappa shape index (κ1) is 13.4. The second-order valence-corrected chi connectivity index (χ2v) is 8.06. The number of benzene rings is 2. The van der Waals surface area contributed by atoms with Gasteiger partial charge < -0.3 is 0 Å². The molecule has 0 amide bonds. The molecule has 0 aliphatic carbocycles. The molecule has 0 unspecified atom stereocenters. The normalized spacial score (nSPS) is 28.6. The van der Waals surface area contributed by atoms with Gasteiger partial charge in [-0.25, -0.2) is 4.21 Å². The van der Waals surface area contributed by atoms with Crippen LogP contribution < -0.4 is 0 Å². The lowest BCUT2D eigenvalue weighted by atomic mass is 9.96. The minimum atomic E-state index is -2.40. The molecular formula is C17H19NOS.